The van der Waals surface area contributed by atoms with Crippen LogP contribution in [0.1, 0.15) is 38.1 Å². The molecule has 1 aromatic heterocycles. The Morgan fingerprint density at radius 1 is 1.29 bits per heavy atom. The maximum atomic E-state index is 12.4. The highest BCUT2D eigenvalue weighted by Gasteiger charge is 2.24. The maximum absolute atomic E-state index is 12.4. The molecule has 116 valence electrons. The second kappa shape index (κ2) is 6.74. The molecule has 2 N–H and O–H groups in total. The van der Waals surface area contributed by atoms with Gasteiger partial charge in [-0.2, -0.15) is 0 Å². The van der Waals surface area contributed by atoms with E-state index in [-0.39, 0.29) is 11.9 Å². The van der Waals surface area contributed by atoms with Gasteiger partial charge < -0.3 is 15.5 Å². The molecule has 6 heteroatoms. The molecule has 1 aromatic rings. The zero-order valence-electron chi connectivity index (χ0n) is 13.4. The van der Waals surface area contributed by atoms with Gasteiger partial charge in [-0.1, -0.05) is 6.92 Å². The Kier molecular flexibility index (Phi) is 4.98. The number of aromatic nitrogens is 2. The number of aryl methyl sites for hydroxylation is 1. The minimum atomic E-state index is -0.272. The number of hydrogen-bond donors (Lipinski definition) is 2. The van der Waals surface area contributed by atoms with Gasteiger partial charge in [0.05, 0.1) is 0 Å². The standard InChI is InChI=1S/C15H25N5O/c1-5-12-18-13(16-4)10(2)14(19-12)17-11(3)15(21)20-8-6-7-9-20/h11H,5-9H2,1-4H3,(H2,16,17,18,19). The molecular weight excluding hydrogens is 266 g/mol. The van der Waals surface area contributed by atoms with E-state index in [1.807, 2.05) is 32.7 Å². The Balaban J connectivity index is 2.15. The average Bonchev–Trinajstić information content (AvgIpc) is 3.02. The van der Waals surface area contributed by atoms with Gasteiger partial charge in [0.25, 0.3) is 0 Å². The number of likely N-dealkylation sites (tertiary alicyclic amines) is 1. The second-order valence-corrected chi connectivity index (χ2v) is 5.46. The number of hydrogen-bond acceptors (Lipinski definition) is 5. The van der Waals surface area contributed by atoms with Crippen molar-refractivity contribution in [3.05, 3.63) is 11.4 Å². The minimum Gasteiger partial charge on any atom is -0.373 e. The zero-order valence-corrected chi connectivity index (χ0v) is 13.4. The monoisotopic (exact) mass is 291 g/mol. The molecule has 1 unspecified atom stereocenters. The second-order valence-electron chi connectivity index (χ2n) is 5.46. The third-order valence-corrected chi connectivity index (χ3v) is 3.89. The third kappa shape index (κ3) is 3.43. The molecular formula is C15H25N5O. The SMILES string of the molecule is CCc1nc(NC)c(C)c(NC(C)C(=O)N2CCCC2)n1. The van der Waals surface area contributed by atoms with Crippen molar-refractivity contribution in [3.8, 4) is 0 Å². The van der Waals surface area contributed by atoms with Gasteiger partial charge in [0.2, 0.25) is 5.91 Å². The van der Waals surface area contributed by atoms with Crippen molar-refractivity contribution in [2.24, 2.45) is 0 Å². The summed E-state index contributed by atoms with van der Waals surface area (Å²) in [6, 6.07) is -0.272. The first-order chi connectivity index (χ1) is 10.1. The maximum Gasteiger partial charge on any atom is 0.244 e. The van der Waals surface area contributed by atoms with Gasteiger partial charge in [-0.05, 0) is 26.7 Å². The summed E-state index contributed by atoms with van der Waals surface area (Å²) in [7, 11) is 1.84. The normalized spacial score (nSPS) is 15.9. The van der Waals surface area contributed by atoms with Crippen LogP contribution in [0.25, 0.3) is 0 Å². The molecule has 21 heavy (non-hydrogen) atoms. The van der Waals surface area contributed by atoms with Crippen LogP contribution in [-0.2, 0) is 11.2 Å². The molecule has 6 nitrogen and oxygen atoms in total. The van der Waals surface area contributed by atoms with E-state index >= 15 is 0 Å². The van der Waals surface area contributed by atoms with E-state index in [4.69, 9.17) is 0 Å². The van der Waals surface area contributed by atoms with E-state index in [9.17, 15) is 4.79 Å². The summed E-state index contributed by atoms with van der Waals surface area (Å²) in [5.74, 6) is 2.47. The van der Waals surface area contributed by atoms with Gasteiger partial charge in [0, 0.05) is 32.1 Å². The molecule has 1 atom stereocenters. The van der Waals surface area contributed by atoms with E-state index in [1.165, 1.54) is 0 Å². The van der Waals surface area contributed by atoms with Crippen molar-refractivity contribution in [1.29, 1.82) is 0 Å². The van der Waals surface area contributed by atoms with Crippen LogP contribution in [0.4, 0.5) is 11.6 Å². The van der Waals surface area contributed by atoms with E-state index in [0.29, 0.717) is 0 Å². The Morgan fingerprint density at radius 3 is 2.48 bits per heavy atom. The molecule has 2 rings (SSSR count). The first kappa shape index (κ1) is 15.5. The molecule has 1 aliphatic rings. The molecule has 1 aliphatic heterocycles. The van der Waals surface area contributed by atoms with Crippen molar-refractivity contribution < 1.29 is 4.79 Å². The molecule has 0 saturated carbocycles. The summed E-state index contributed by atoms with van der Waals surface area (Å²) in [5, 5.41) is 6.34. The summed E-state index contributed by atoms with van der Waals surface area (Å²) in [4.78, 5) is 23.3. The van der Waals surface area contributed by atoms with Crippen LogP contribution < -0.4 is 10.6 Å². The molecule has 0 radical (unpaired) electrons. The number of amides is 1. The number of rotatable bonds is 5. The van der Waals surface area contributed by atoms with E-state index in [0.717, 1.165) is 55.4 Å². The number of nitrogens with one attached hydrogen (secondary N) is 2. The molecule has 0 spiro atoms. The van der Waals surface area contributed by atoms with Gasteiger partial charge in [-0.3, -0.25) is 4.79 Å². The number of carbonyl (C=O) groups is 1. The van der Waals surface area contributed by atoms with Gasteiger partial charge in [0.1, 0.15) is 23.5 Å². The lowest BCUT2D eigenvalue weighted by atomic mass is 10.2. The fraction of sp³-hybridized carbons (Fsp3) is 0.667. The van der Waals surface area contributed by atoms with Crippen molar-refractivity contribution in [2.45, 2.75) is 46.1 Å². The van der Waals surface area contributed by atoms with Gasteiger partial charge >= 0.3 is 0 Å². The summed E-state index contributed by atoms with van der Waals surface area (Å²) in [6.45, 7) is 7.62. The largest absolute Gasteiger partial charge is 0.373 e. The fourth-order valence-electron chi connectivity index (χ4n) is 2.58. The Labute approximate surface area is 126 Å². The lowest BCUT2D eigenvalue weighted by Gasteiger charge is -2.22. The average molecular weight is 291 g/mol. The van der Waals surface area contributed by atoms with Gasteiger partial charge in [-0.25, -0.2) is 9.97 Å². The molecule has 0 bridgehead atoms. The van der Waals surface area contributed by atoms with Crippen LogP contribution in [-0.4, -0.2) is 47.0 Å². The molecule has 1 saturated heterocycles. The van der Waals surface area contributed by atoms with Crippen LogP contribution >= 0.6 is 0 Å². The van der Waals surface area contributed by atoms with Gasteiger partial charge in [-0.15, -0.1) is 0 Å². The van der Waals surface area contributed by atoms with Crippen molar-refractivity contribution >= 4 is 17.5 Å². The molecule has 0 aliphatic carbocycles. The van der Waals surface area contributed by atoms with E-state index in [1.54, 1.807) is 0 Å². The third-order valence-electron chi connectivity index (χ3n) is 3.89. The Hall–Kier alpha value is -1.85. The first-order valence-corrected chi connectivity index (χ1v) is 7.67. The fourth-order valence-corrected chi connectivity index (χ4v) is 2.58. The van der Waals surface area contributed by atoms with Crippen LogP contribution in [0.5, 0.6) is 0 Å². The molecule has 0 aromatic carbocycles. The van der Waals surface area contributed by atoms with E-state index in [2.05, 4.69) is 20.6 Å². The molecule has 1 fully saturated rings. The predicted octanol–water partition coefficient (Wildman–Crippen LogP) is 1.81. The van der Waals surface area contributed by atoms with Crippen LogP contribution in [0.2, 0.25) is 0 Å². The summed E-state index contributed by atoms with van der Waals surface area (Å²) in [6.07, 6.45) is 2.97. The summed E-state index contributed by atoms with van der Waals surface area (Å²) in [5.41, 5.74) is 0.941. The van der Waals surface area contributed by atoms with Crippen LogP contribution in [0.15, 0.2) is 0 Å². The highest BCUT2D eigenvalue weighted by molar-refractivity contribution is 5.84. The number of carbonyl (C=O) groups excluding carboxylic acids is 1. The smallest absolute Gasteiger partial charge is 0.244 e. The van der Waals surface area contributed by atoms with Crippen LogP contribution in [0.3, 0.4) is 0 Å². The van der Waals surface area contributed by atoms with Crippen molar-refractivity contribution in [3.63, 3.8) is 0 Å². The minimum absolute atomic E-state index is 0.148. The van der Waals surface area contributed by atoms with E-state index < -0.39 is 0 Å². The van der Waals surface area contributed by atoms with Crippen LogP contribution in [0, 0.1) is 6.92 Å². The summed E-state index contributed by atoms with van der Waals surface area (Å²) < 4.78 is 0. The van der Waals surface area contributed by atoms with Crippen molar-refractivity contribution in [1.82, 2.24) is 14.9 Å². The topological polar surface area (TPSA) is 70.2 Å². The quantitative estimate of drug-likeness (QED) is 0.866. The highest BCUT2D eigenvalue weighted by Crippen LogP contribution is 2.21. The zero-order chi connectivity index (χ0) is 15.4. The number of nitrogens with zero attached hydrogens (tertiary/aromatic N) is 3. The molecule has 2 heterocycles. The van der Waals surface area contributed by atoms with Crippen molar-refractivity contribution in [2.75, 3.05) is 30.8 Å². The Bertz CT molecular complexity index is 511. The predicted molar refractivity (Wildman–Crippen MR) is 84.6 cm³/mol. The lowest BCUT2D eigenvalue weighted by molar-refractivity contribution is -0.130. The molecule has 1 amide bonds. The first-order valence-electron chi connectivity index (χ1n) is 7.67. The summed E-state index contributed by atoms with van der Waals surface area (Å²) >= 11 is 0. The Morgan fingerprint density at radius 2 is 1.90 bits per heavy atom. The highest BCUT2D eigenvalue weighted by atomic mass is 16.2. The number of anilines is 2. The van der Waals surface area contributed by atoms with Gasteiger partial charge in [0.15, 0.2) is 0 Å². The lowest BCUT2D eigenvalue weighted by Crippen LogP contribution is -2.40.